The van der Waals surface area contributed by atoms with Crippen molar-refractivity contribution < 1.29 is 0 Å². The second kappa shape index (κ2) is 8.26. The van der Waals surface area contributed by atoms with Crippen LogP contribution < -0.4 is 5.32 Å². The van der Waals surface area contributed by atoms with Gasteiger partial charge in [0.2, 0.25) is 0 Å². The first-order valence-corrected chi connectivity index (χ1v) is 10.2. The fraction of sp³-hybridized carbons (Fsp3) is 0.0909. The molecule has 0 radical (unpaired) electrons. The molecule has 0 unspecified atom stereocenters. The molecular weight excluding hydrogens is 434 g/mol. The number of hydrogen-bond donors (Lipinski definition) is 1. The molecule has 1 aromatic heterocycles. The lowest BCUT2D eigenvalue weighted by molar-refractivity contribution is 0.831. The first-order chi connectivity index (χ1) is 13.5. The van der Waals surface area contributed by atoms with E-state index in [2.05, 4.69) is 28.2 Å². The highest BCUT2D eigenvalue weighted by molar-refractivity contribution is 6.36. The lowest BCUT2D eigenvalue weighted by Gasteiger charge is -2.08. The van der Waals surface area contributed by atoms with Crippen LogP contribution in [0.25, 0.3) is 10.9 Å². The number of rotatable bonds is 5. The number of para-hydroxylation sites is 1. The Kier molecular flexibility index (Phi) is 5.75. The van der Waals surface area contributed by atoms with Crippen LogP contribution in [0.5, 0.6) is 0 Å². The van der Waals surface area contributed by atoms with Crippen LogP contribution in [0.3, 0.4) is 0 Å². The number of hydrogen-bond acceptors (Lipinski definition) is 1. The first kappa shape index (κ1) is 19.5. The number of nitrogens with one attached hydrogen (secondary N) is 1. The summed E-state index contributed by atoms with van der Waals surface area (Å²) in [6, 6.07) is 19.3. The average Bonchev–Trinajstić information content (AvgIpc) is 3.01. The van der Waals surface area contributed by atoms with Gasteiger partial charge in [-0.05, 0) is 47.5 Å². The molecule has 0 atom stereocenters. The molecule has 0 aliphatic heterocycles. The molecule has 142 valence electrons. The Morgan fingerprint density at radius 3 is 2.21 bits per heavy atom. The molecule has 28 heavy (non-hydrogen) atoms. The van der Waals surface area contributed by atoms with E-state index < -0.39 is 0 Å². The van der Waals surface area contributed by atoms with Gasteiger partial charge in [0.1, 0.15) is 0 Å². The Balaban J connectivity index is 1.64. The molecule has 0 aliphatic rings. The van der Waals surface area contributed by atoms with Gasteiger partial charge in [0.25, 0.3) is 0 Å². The highest BCUT2D eigenvalue weighted by atomic mass is 35.5. The van der Waals surface area contributed by atoms with Crippen molar-refractivity contribution in [3.05, 3.63) is 98.1 Å². The highest BCUT2D eigenvalue weighted by Gasteiger charge is 2.11. The summed E-state index contributed by atoms with van der Waals surface area (Å²) >= 11 is 24.7. The summed E-state index contributed by atoms with van der Waals surface area (Å²) in [7, 11) is 0. The molecule has 4 rings (SSSR count). The Labute approximate surface area is 183 Å². The molecule has 1 heterocycles. The van der Waals surface area contributed by atoms with E-state index in [1.54, 1.807) is 12.1 Å². The number of aromatic nitrogens is 1. The molecule has 0 amide bonds. The zero-order valence-electron chi connectivity index (χ0n) is 14.7. The topological polar surface area (TPSA) is 17.0 Å². The molecule has 4 aromatic rings. The summed E-state index contributed by atoms with van der Waals surface area (Å²) in [4.78, 5) is 0. The summed E-state index contributed by atoms with van der Waals surface area (Å²) in [5.74, 6) is 0. The van der Waals surface area contributed by atoms with Gasteiger partial charge in [-0.3, -0.25) is 0 Å². The van der Waals surface area contributed by atoms with Crippen LogP contribution in [0.4, 0.5) is 5.69 Å². The Morgan fingerprint density at radius 2 is 1.46 bits per heavy atom. The van der Waals surface area contributed by atoms with Gasteiger partial charge in [-0.1, -0.05) is 70.7 Å². The van der Waals surface area contributed by atoms with Crippen LogP contribution in [0.2, 0.25) is 20.1 Å². The van der Waals surface area contributed by atoms with Crippen molar-refractivity contribution >= 4 is 63.0 Å². The van der Waals surface area contributed by atoms with Crippen molar-refractivity contribution in [2.75, 3.05) is 5.32 Å². The van der Waals surface area contributed by atoms with E-state index in [1.165, 1.54) is 10.9 Å². The van der Waals surface area contributed by atoms with Crippen molar-refractivity contribution in [1.29, 1.82) is 0 Å². The fourth-order valence-corrected chi connectivity index (χ4v) is 4.19. The van der Waals surface area contributed by atoms with Crippen molar-refractivity contribution in [2.45, 2.75) is 13.1 Å². The zero-order valence-corrected chi connectivity index (χ0v) is 17.7. The van der Waals surface area contributed by atoms with E-state index in [4.69, 9.17) is 46.4 Å². The van der Waals surface area contributed by atoms with Crippen LogP contribution in [-0.2, 0) is 13.1 Å². The second-order valence-corrected chi connectivity index (χ2v) is 8.20. The van der Waals surface area contributed by atoms with E-state index >= 15 is 0 Å². The number of fused-ring (bicyclic) bond motifs is 1. The predicted octanol–water partition coefficient (Wildman–Crippen LogP) is 7.92. The Morgan fingerprint density at radius 1 is 0.750 bits per heavy atom. The Bertz CT molecular complexity index is 1150. The second-order valence-electron chi connectivity index (χ2n) is 6.51. The predicted molar refractivity (Wildman–Crippen MR) is 121 cm³/mol. The molecule has 3 aromatic carbocycles. The molecule has 0 saturated carbocycles. The van der Waals surface area contributed by atoms with Crippen molar-refractivity contribution in [3.8, 4) is 0 Å². The summed E-state index contributed by atoms with van der Waals surface area (Å²) in [5, 5.41) is 7.10. The van der Waals surface area contributed by atoms with E-state index in [-0.39, 0.29) is 0 Å². The number of nitrogens with zero attached hydrogens (tertiary/aromatic N) is 1. The van der Waals surface area contributed by atoms with Crippen LogP contribution in [0, 0.1) is 0 Å². The molecule has 0 aliphatic carbocycles. The van der Waals surface area contributed by atoms with E-state index in [1.807, 2.05) is 36.4 Å². The molecule has 0 saturated heterocycles. The lowest BCUT2D eigenvalue weighted by atomic mass is 10.1. The highest BCUT2D eigenvalue weighted by Crippen LogP contribution is 2.29. The molecule has 1 N–H and O–H groups in total. The summed E-state index contributed by atoms with van der Waals surface area (Å²) < 4.78 is 2.20. The molecule has 2 nitrogen and oxygen atoms in total. The maximum absolute atomic E-state index is 6.37. The monoisotopic (exact) mass is 448 g/mol. The smallest absolute Gasteiger partial charge is 0.0652 e. The van der Waals surface area contributed by atoms with Crippen molar-refractivity contribution in [1.82, 2.24) is 4.57 Å². The molecule has 0 fully saturated rings. The third-order valence-corrected chi connectivity index (χ3v) is 5.76. The van der Waals surface area contributed by atoms with Gasteiger partial charge in [-0.15, -0.1) is 0 Å². The Hall–Kier alpha value is -1.84. The minimum atomic E-state index is 0.601. The van der Waals surface area contributed by atoms with Gasteiger partial charge in [0, 0.05) is 45.3 Å². The largest absolute Gasteiger partial charge is 0.380 e. The molecule has 0 spiro atoms. The van der Waals surface area contributed by atoms with Gasteiger partial charge in [-0.25, -0.2) is 0 Å². The van der Waals surface area contributed by atoms with E-state index in [0.29, 0.717) is 33.2 Å². The average molecular weight is 450 g/mol. The number of benzene rings is 3. The van der Waals surface area contributed by atoms with Crippen molar-refractivity contribution in [2.24, 2.45) is 0 Å². The van der Waals surface area contributed by atoms with E-state index in [0.717, 1.165) is 16.8 Å². The van der Waals surface area contributed by atoms with Gasteiger partial charge < -0.3 is 9.88 Å². The zero-order chi connectivity index (χ0) is 19.7. The normalized spacial score (nSPS) is 11.1. The molecule has 6 heteroatoms. The van der Waals surface area contributed by atoms with Crippen LogP contribution in [0.1, 0.15) is 11.1 Å². The first-order valence-electron chi connectivity index (χ1n) is 8.71. The van der Waals surface area contributed by atoms with Gasteiger partial charge >= 0.3 is 0 Å². The molecular formula is C22H16Cl4N2. The lowest BCUT2D eigenvalue weighted by Crippen LogP contribution is -2.00. The summed E-state index contributed by atoms with van der Waals surface area (Å²) in [6.45, 7) is 1.31. The van der Waals surface area contributed by atoms with Gasteiger partial charge in [-0.2, -0.15) is 0 Å². The summed E-state index contributed by atoms with van der Waals surface area (Å²) in [5.41, 5.74) is 4.19. The van der Waals surface area contributed by atoms with Crippen LogP contribution in [0.15, 0.2) is 66.9 Å². The fourth-order valence-electron chi connectivity index (χ4n) is 3.25. The van der Waals surface area contributed by atoms with Crippen LogP contribution in [-0.4, -0.2) is 4.57 Å². The van der Waals surface area contributed by atoms with Gasteiger partial charge in [0.15, 0.2) is 0 Å². The number of halogens is 4. The van der Waals surface area contributed by atoms with Gasteiger partial charge in [0.05, 0.1) is 10.7 Å². The quantitative estimate of drug-likeness (QED) is 0.327. The SMILES string of the molecule is Clc1ccc(Cn2cc(CNc3ccc(Cl)cc3Cl)c3ccccc32)c(Cl)c1. The third kappa shape index (κ3) is 4.11. The number of anilines is 1. The van der Waals surface area contributed by atoms with Crippen molar-refractivity contribution in [3.63, 3.8) is 0 Å². The van der Waals surface area contributed by atoms with E-state index in [9.17, 15) is 0 Å². The standard InChI is InChI=1S/C22H16Cl4N2/c23-16-6-5-14(19(25)9-16)12-28-13-15(18-3-1-2-4-22(18)28)11-27-21-8-7-17(24)10-20(21)26/h1-10,13,27H,11-12H2. The minimum Gasteiger partial charge on any atom is -0.380 e. The summed E-state index contributed by atoms with van der Waals surface area (Å²) in [6.07, 6.45) is 2.15. The molecule has 0 bridgehead atoms. The third-order valence-electron chi connectivity index (χ3n) is 4.63. The maximum atomic E-state index is 6.37. The van der Waals surface area contributed by atoms with Crippen LogP contribution >= 0.6 is 46.4 Å². The minimum absolute atomic E-state index is 0.601. The maximum Gasteiger partial charge on any atom is 0.0652 e.